The number of benzene rings is 2. The molecule has 28 heavy (non-hydrogen) atoms. The van der Waals surface area contributed by atoms with Crippen molar-refractivity contribution in [2.45, 2.75) is 38.4 Å². The second kappa shape index (κ2) is 9.35. The number of nitrogens with zero attached hydrogens (tertiary/aromatic N) is 2. The highest BCUT2D eigenvalue weighted by Gasteiger charge is 2.30. The topological polar surface area (TPSA) is 35.6 Å². The summed E-state index contributed by atoms with van der Waals surface area (Å²) in [4.78, 5) is 17.6. The van der Waals surface area contributed by atoms with Gasteiger partial charge in [-0.05, 0) is 36.9 Å². The Morgan fingerprint density at radius 1 is 0.786 bits per heavy atom. The van der Waals surface area contributed by atoms with Gasteiger partial charge < -0.3 is 5.32 Å². The van der Waals surface area contributed by atoms with Gasteiger partial charge in [0, 0.05) is 38.8 Å². The summed E-state index contributed by atoms with van der Waals surface area (Å²) in [5.41, 5.74) is 2.70. The third-order valence-corrected chi connectivity index (χ3v) is 6.08. The lowest BCUT2D eigenvalue weighted by Crippen LogP contribution is -2.46. The van der Waals surface area contributed by atoms with E-state index in [1.165, 1.54) is 11.1 Å². The minimum Gasteiger partial charge on any atom is -0.353 e. The molecule has 2 aromatic carbocycles. The molecule has 2 saturated heterocycles. The Bertz CT molecular complexity index is 741. The van der Waals surface area contributed by atoms with Gasteiger partial charge in [0.05, 0.1) is 5.92 Å². The normalized spacial score (nSPS) is 21.6. The number of piperidine rings is 1. The van der Waals surface area contributed by atoms with Crippen molar-refractivity contribution in [3.63, 3.8) is 0 Å². The highest BCUT2D eigenvalue weighted by Crippen LogP contribution is 2.20. The first-order chi connectivity index (χ1) is 13.8. The summed E-state index contributed by atoms with van der Waals surface area (Å²) in [6.45, 7) is 5.98. The van der Waals surface area contributed by atoms with E-state index < -0.39 is 0 Å². The molecular weight excluding hydrogens is 346 g/mol. The second-order valence-corrected chi connectivity index (χ2v) is 8.25. The van der Waals surface area contributed by atoms with Gasteiger partial charge in [0.25, 0.3) is 0 Å². The van der Waals surface area contributed by atoms with Crippen LogP contribution in [0.2, 0.25) is 0 Å². The zero-order valence-corrected chi connectivity index (χ0v) is 16.6. The summed E-state index contributed by atoms with van der Waals surface area (Å²) in [6.07, 6.45) is 3.09. The molecule has 2 aliphatic rings. The van der Waals surface area contributed by atoms with Gasteiger partial charge in [-0.25, -0.2) is 0 Å². The van der Waals surface area contributed by atoms with E-state index in [1.807, 2.05) is 0 Å². The summed E-state index contributed by atoms with van der Waals surface area (Å²) < 4.78 is 0. The highest BCUT2D eigenvalue weighted by atomic mass is 16.2. The Kier molecular flexibility index (Phi) is 6.40. The number of likely N-dealkylation sites (tertiary alicyclic amines) is 2. The molecule has 1 N–H and O–H groups in total. The Labute approximate surface area is 168 Å². The average molecular weight is 378 g/mol. The van der Waals surface area contributed by atoms with Crippen LogP contribution in [0.15, 0.2) is 60.7 Å². The van der Waals surface area contributed by atoms with Crippen molar-refractivity contribution in [3.05, 3.63) is 71.8 Å². The maximum absolute atomic E-state index is 12.7. The molecule has 0 saturated carbocycles. The summed E-state index contributed by atoms with van der Waals surface area (Å²) in [5.74, 6) is 0.406. The van der Waals surface area contributed by atoms with Gasteiger partial charge >= 0.3 is 0 Å². The molecule has 0 aromatic heterocycles. The molecule has 4 heteroatoms. The fourth-order valence-electron chi connectivity index (χ4n) is 4.43. The molecule has 2 heterocycles. The van der Waals surface area contributed by atoms with Crippen LogP contribution in [0.25, 0.3) is 0 Å². The van der Waals surface area contributed by atoms with Crippen molar-refractivity contribution >= 4 is 5.91 Å². The average Bonchev–Trinajstić information content (AvgIpc) is 3.20. The Hall–Kier alpha value is -2.17. The van der Waals surface area contributed by atoms with Crippen molar-refractivity contribution in [1.29, 1.82) is 0 Å². The molecule has 1 amide bonds. The van der Waals surface area contributed by atoms with E-state index in [0.29, 0.717) is 6.04 Å². The van der Waals surface area contributed by atoms with Gasteiger partial charge in [-0.1, -0.05) is 60.7 Å². The molecule has 2 aliphatic heterocycles. The first kappa shape index (κ1) is 19.2. The van der Waals surface area contributed by atoms with Crippen LogP contribution >= 0.6 is 0 Å². The third-order valence-electron chi connectivity index (χ3n) is 6.08. The number of amides is 1. The monoisotopic (exact) mass is 377 g/mol. The quantitative estimate of drug-likeness (QED) is 0.839. The molecule has 0 bridgehead atoms. The molecule has 0 aliphatic carbocycles. The summed E-state index contributed by atoms with van der Waals surface area (Å²) in [5, 5.41) is 3.34. The predicted molar refractivity (Wildman–Crippen MR) is 113 cm³/mol. The lowest BCUT2D eigenvalue weighted by molar-refractivity contribution is -0.125. The van der Waals surface area contributed by atoms with Gasteiger partial charge in [0.15, 0.2) is 0 Å². The smallest absolute Gasteiger partial charge is 0.224 e. The lowest BCUT2D eigenvalue weighted by Gasteiger charge is -2.32. The van der Waals surface area contributed by atoms with E-state index in [0.717, 1.165) is 58.5 Å². The number of carbonyl (C=O) groups excluding carboxylic acids is 1. The van der Waals surface area contributed by atoms with Crippen molar-refractivity contribution < 1.29 is 4.79 Å². The molecule has 1 unspecified atom stereocenters. The van der Waals surface area contributed by atoms with Gasteiger partial charge in [-0.2, -0.15) is 0 Å². The number of carbonyl (C=O) groups is 1. The fourth-order valence-corrected chi connectivity index (χ4v) is 4.43. The van der Waals surface area contributed by atoms with Gasteiger partial charge in [0.2, 0.25) is 5.91 Å². The zero-order valence-electron chi connectivity index (χ0n) is 16.6. The van der Waals surface area contributed by atoms with E-state index >= 15 is 0 Å². The summed E-state index contributed by atoms with van der Waals surface area (Å²) >= 11 is 0. The van der Waals surface area contributed by atoms with E-state index in [2.05, 4.69) is 75.8 Å². The van der Waals surface area contributed by atoms with Crippen molar-refractivity contribution in [2.24, 2.45) is 5.92 Å². The number of rotatable bonds is 6. The van der Waals surface area contributed by atoms with Gasteiger partial charge in [0.1, 0.15) is 0 Å². The summed E-state index contributed by atoms with van der Waals surface area (Å²) in [6, 6.07) is 21.5. The molecule has 1 atom stereocenters. The van der Waals surface area contributed by atoms with Crippen LogP contribution < -0.4 is 5.32 Å². The van der Waals surface area contributed by atoms with E-state index in [1.54, 1.807) is 0 Å². The fraction of sp³-hybridized carbons (Fsp3) is 0.458. The number of hydrogen-bond donors (Lipinski definition) is 1. The first-order valence-electron chi connectivity index (χ1n) is 10.6. The maximum Gasteiger partial charge on any atom is 0.224 e. The van der Waals surface area contributed by atoms with Crippen LogP contribution in [0.1, 0.15) is 30.4 Å². The van der Waals surface area contributed by atoms with Gasteiger partial charge in [-0.15, -0.1) is 0 Å². The van der Waals surface area contributed by atoms with Crippen LogP contribution in [0.4, 0.5) is 0 Å². The Morgan fingerprint density at radius 3 is 1.93 bits per heavy atom. The second-order valence-electron chi connectivity index (χ2n) is 8.25. The maximum atomic E-state index is 12.7. The Morgan fingerprint density at radius 2 is 1.32 bits per heavy atom. The molecule has 4 rings (SSSR count). The third kappa shape index (κ3) is 5.21. The molecule has 0 spiro atoms. The molecular formula is C24H31N3O. The van der Waals surface area contributed by atoms with Crippen LogP contribution in [0.5, 0.6) is 0 Å². The Balaban J connectivity index is 1.19. The van der Waals surface area contributed by atoms with Crippen LogP contribution in [-0.4, -0.2) is 47.9 Å². The zero-order chi connectivity index (χ0) is 19.2. The molecule has 2 aromatic rings. The van der Waals surface area contributed by atoms with Crippen LogP contribution in [0, 0.1) is 5.92 Å². The van der Waals surface area contributed by atoms with Crippen molar-refractivity contribution in [3.8, 4) is 0 Å². The minimum absolute atomic E-state index is 0.145. The SMILES string of the molecule is O=C(NC1CCN(Cc2ccccc2)CC1)C1CCN(Cc2ccccc2)C1. The van der Waals surface area contributed by atoms with E-state index in [9.17, 15) is 4.79 Å². The summed E-state index contributed by atoms with van der Waals surface area (Å²) in [7, 11) is 0. The van der Waals surface area contributed by atoms with Crippen molar-refractivity contribution in [1.82, 2.24) is 15.1 Å². The molecule has 0 radical (unpaired) electrons. The predicted octanol–water partition coefficient (Wildman–Crippen LogP) is 3.29. The standard InChI is InChI=1S/C24H31N3O/c28-24(22-11-14-27(19-22)18-21-9-5-2-6-10-21)25-23-12-15-26(16-13-23)17-20-7-3-1-4-8-20/h1-10,22-23H,11-19H2,(H,25,28). The largest absolute Gasteiger partial charge is 0.353 e. The lowest BCUT2D eigenvalue weighted by atomic mass is 10.0. The highest BCUT2D eigenvalue weighted by molar-refractivity contribution is 5.79. The molecule has 4 nitrogen and oxygen atoms in total. The molecule has 148 valence electrons. The van der Waals surface area contributed by atoms with E-state index in [-0.39, 0.29) is 11.8 Å². The van der Waals surface area contributed by atoms with Crippen molar-refractivity contribution in [2.75, 3.05) is 26.2 Å². The first-order valence-corrected chi connectivity index (χ1v) is 10.6. The van der Waals surface area contributed by atoms with Crippen LogP contribution in [0.3, 0.4) is 0 Å². The van der Waals surface area contributed by atoms with Crippen LogP contribution in [-0.2, 0) is 17.9 Å². The number of hydrogen-bond acceptors (Lipinski definition) is 3. The molecule has 2 fully saturated rings. The van der Waals surface area contributed by atoms with Gasteiger partial charge in [-0.3, -0.25) is 14.6 Å². The number of nitrogens with one attached hydrogen (secondary N) is 1. The van der Waals surface area contributed by atoms with E-state index in [4.69, 9.17) is 0 Å². The minimum atomic E-state index is 0.145.